The quantitative estimate of drug-likeness (QED) is 0.831. The van der Waals surface area contributed by atoms with Gasteiger partial charge >= 0.3 is 0 Å². The van der Waals surface area contributed by atoms with Crippen molar-refractivity contribution in [2.75, 3.05) is 31.2 Å². The van der Waals surface area contributed by atoms with Crippen molar-refractivity contribution in [2.24, 2.45) is 0 Å². The molecule has 2 aliphatic rings. The molecule has 20 heavy (non-hydrogen) atoms. The van der Waals surface area contributed by atoms with Crippen molar-refractivity contribution in [3.05, 3.63) is 16.5 Å². The van der Waals surface area contributed by atoms with Crippen molar-refractivity contribution in [3.8, 4) is 0 Å². The number of piperidine rings is 1. The Bertz CT molecular complexity index is 460. The first-order valence-corrected chi connectivity index (χ1v) is 8.07. The molecule has 0 radical (unpaired) electrons. The van der Waals surface area contributed by atoms with Crippen molar-refractivity contribution in [1.29, 1.82) is 0 Å². The Balaban J connectivity index is 1.62. The van der Waals surface area contributed by atoms with Crippen LogP contribution in [0.25, 0.3) is 0 Å². The first-order chi connectivity index (χ1) is 9.76. The number of hydrogen-bond acceptors (Lipinski definition) is 5. The maximum absolute atomic E-state index is 8.79. The molecule has 110 valence electrons. The van der Waals surface area contributed by atoms with Crippen molar-refractivity contribution >= 4 is 21.7 Å². The Labute approximate surface area is 127 Å². The fourth-order valence-electron chi connectivity index (χ4n) is 2.58. The van der Waals surface area contributed by atoms with Gasteiger partial charge in [-0.15, -0.1) is 0 Å². The van der Waals surface area contributed by atoms with Crippen LogP contribution < -0.4 is 4.90 Å². The standard InChI is InChI=1S/C14H20BrN3O2/c15-12-9-13(17-14(16-12)10-1-2-10)18-5-3-11(4-6-18)20-8-7-19/h9-11,19H,1-8H2. The number of nitrogens with zero attached hydrogens (tertiary/aromatic N) is 3. The minimum absolute atomic E-state index is 0.101. The molecule has 1 saturated heterocycles. The predicted molar refractivity (Wildman–Crippen MR) is 80.0 cm³/mol. The third-order valence-corrected chi connectivity index (χ3v) is 4.26. The molecule has 0 atom stereocenters. The average molecular weight is 342 g/mol. The summed E-state index contributed by atoms with van der Waals surface area (Å²) >= 11 is 3.49. The number of halogens is 1. The molecule has 3 rings (SSSR count). The molecule has 1 aromatic heterocycles. The lowest BCUT2D eigenvalue weighted by Crippen LogP contribution is -2.38. The zero-order valence-corrected chi connectivity index (χ0v) is 13.0. The van der Waals surface area contributed by atoms with Gasteiger partial charge in [-0.05, 0) is 41.6 Å². The van der Waals surface area contributed by atoms with E-state index in [2.05, 4.69) is 25.8 Å². The summed E-state index contributed by atoms with van der Waals surface area (Å²) < 4.78 is 6.47. The van der Waals surface area contributed by atoms with Crippen LogP contribution in [0, 0.1) is 0 Å². The van der Waals surface area contributed by atoms with E-state index in [1.807, 2.05) is 6.07 Å². The van der Waals surface area contributed by atoms with Crippen molar-refractivity contribution < 1.29 is 9.84 Å². The van der Waals surface area contributed by atoms with E-state index in [0.29, 0.717) is 12.5 Å². The highest BCUT2D eigenvalue weighted by Crippen LogP contribution is 2.39. The maximum Gasteiger partial charge on any atom is 0.135 e. The Kier molecular flexibility index (Phi) is 4.53. The van der Waals surface area contributed by atoms with Gasteiger partial charge in [0.05, 0.1) is 19.3 Å². The molecule has 5 nitrogen and oxygen atoms in total. The summed E-state index contributed by atoms with van der Waals surface area (Å²) in [7, 11) is 0. The molecule has 6 heteroatoms. The fraction of sp³-hybridized carbons (Fsp3) is 0.714. The largest absolute Gasteiger partial charge is 0.394 e. The van der Waals surface area contributed by atoms with E-state index in [-0.39, 0.29) is 12.7 Å². The summed E-state index contributed by atoms with van der Waals surface area (Å²) in [6, 6.07) is 2.00. The lowest BCUT2D eigenvalue weighted by molar-refractivity contribution is 0.0158. The molecule has 0 unspecified atom stereocenters. The lowest BCUT2D eigenvalue weighted by Gasteiger charge is -2.32. The van der Waals surface area contributed by atoms with Crippen LogP contribution >= 0.6 is 15.9 Å². The van der Waals surface area contributed by atoms with Gasteiger partial charge in [-0.2, -0.15) is 0 Å². The Morgan fingerprint density at radius 2 is 2.00 bits per heavy atom. The minimum Gasteiger partial charge on any atom is -0.394 e. The van der Waals surface area contributed by atoms with E-state index in [9.17, 15) is 0 Å². The van der Waals surface area contributed by atoms with Crippen LogP contribution in [-0.4, -0.2) is 47.5 Å². The van der Waals surface area contributed by atoms with Gasteiger partial charge in [0, 0.05) is 25.1 Å². The zero-order valence-electron chi connectivity index (χ0n) is 11.5. The number of aliphatic hydroxyl groups is 1. The van der Waals surface area contributed by atoms with Gasteiger partial charge in [-0.1, -0.05) is 0 Å². The van der Waals surface area contributed by atoms with E-state index >= 15 is 0 Å². The third kappa shape index (κ3) is 3.48. The van der Waals surface area contributed by atoms with Gasteiger partial charge in [0.1, 0.15) is 16.2 Å². The minimum atomic E-state index is 0.101. The van der Waals surface area contributed by atoms with E-state index in [1.165, 1.54) is 12.8 Å². The van der Waals surface area contributed by atoms with Crippen LogP contribution in [0.4, 0.5) is 5.82 Å². The Hall–Kier alpha value is -0.720. The molecular formula is C14H20BrN3O2. The molecule has 0 spiro atoms. The van der Waals surface area contributed by atoms with Crippen LogP contribution in [0.5, 0.6) is 0 Å². The highest BCUT2D eigenvalue weighted by molar-refractivity contribution is 9.10. The molecule has 1 N–H and O–H groups in total. The second-order valence-corrected chi connectivity index (χ2v) is 6.27. The summed E-state index contributed by atoms with van der Waals surface area (Å²) in [5, 5.41) is 8.79. The SMILES string of the molecule is OCCOC1CCN(c2cc(Br)nc(C3CC3)n2)CC1. The summed E-state index contributed by atoms with van der Waals surface area (Å²) in [5.74, 6) is 2.57. The second-order valence-electron chi connectivity index (χ2n) is 5.46. The van der Waals surface area contributed by atoms with Gasteiger partial charge in [-0.25, -0.2) is 9.97 Å². The smallest absolute Gasteiger partial charge is 0.135 e. The maximum atomic E-state index is 8.79. The van der Waals surface area contributed by atoms with E-state index in [4.69, 9.17) is 14.8 Å². The molecule has 0 aromatic carbocycles. The van der Waals surface area contributed by atoms with Crippen LogP contribution in [0.3, 0.4) is 0 Å². The summed E-state index contributed by atoms with van der Waals surface area (Å²) in [5.41, 5.74) is 0. The number of aromatic nitrogens is 2. The Morgan fingerprint density at radius 3 is 2.65 bits per heavy atom. The molecule has 1 saturated carbocycles. The van der Waals surface area contributed by atoms with E-state index in [0.717, 1.165) is 42.2 Å². The van der Waals surface area contributed by atoms with Crippen molar-refractivity contribution in [2.45, 2.75) is 37.7 Å². The molecule has 1 aromatic rings. The van der Waals surface area contributed by atoms with Gasteiger partial charge < -0.3 is 14.7 Å². The highest BCUT2D eigenvalue weighted by atomic mass is 79.9. The number of anilines is 1. The average Bonchev–Trinajstić information content (AvgIpc) is 3.29. The highest BCUT2D eigenvalue weighted by Gasteiger charge is 2.28. The number of aliphatic hydroxyl groups excluding tert-OH is 1. The normalized spacial score (nSPS) is 20.4. The fourth-order valence-corrected chi connectivity index (χ4v) is 2.97. The van der Waals surface area contributed by atoms with Crippen molar-refractivity contribution in [1.82, 2.24) is 9.97 Å². The molecule has 2 fully saturated rings. The van der Waals surface area contributed by atoms with Gasteiger partial charge in [0.25, 0.3) is 0 Å². The number of ether oxygens (including phenoxy) is 1. The lowest BCUT2D eigenvalue weighted by atomic mass is 10.1. The molecule has 1 aliphatic heterocycles. The molecular weight excluding hydrogens is 322 g/mol. The molecule has 0 amide bonds. The molecule has 2 heterocycles. The first-order valence-electron chi connectivity index (χ1n) is 7.28. The van der Waals surface area contributed by atoms with Crippen LogP contribution in [0.2, 0.25) is 0 Å². The first kappa shape index (κ1) is 14.2. The molecule has 1 aliphatic carbocycles. The topological polar surface area (TPSA) is 58.5 Å². The molecule has 0 bridgehead atoms. The van der Waals surface area contributed by atoms with Crippen LogP contribution in [-0.2, 0) is 4.74 Å². The Morgan fingerprint density at radius 1 is 1.25 bits per heavy atom. The second kappa shape index (κ2) is 6.37. The van der Waals surface area contributed by atoms with Gasteiger partial charge in [-0.3, -0.25) is 0 Å². The van der Waals surface area contributed by atoms with Gasteiger partial charge in [0.2, 0.25) is 0 Å². The van der Waals surface area contributed by atoms with Crippen molar-refractivity contribution in [3.63, 3.8) is 0 Å². The predicted octanol–water partition coefficient (Wildman–Crippen LogP) is 2.09. The summed E-state index contributed by atoms with van der Waals surface area (Å²) in [4.78, 5) is 11.5. The summed E-state index contributed by atoms with van der Waals surface area (Å²) in [6.07, 6.45) is 4.67. The number of rotatable bonds is 5. The third-order valence-electron chi connectivity index (χ3n) is 3.85. The van der Waals surface area contributed by atoms with Gasteiger partial charge in [0.15, 0.2) is 0 Å². The van der Waals surface area contributed by atoms with E-state index in [1.54, 1.807) is 0 Å². The zero-order chi connectivity index (χ0) is 13.9. The van der Waals surface area contributed by atoms with Crippen LogP contribution in [0.1, 0.15) is 37.4 Å². The summed E-state index contributed by atoms with van der Waals surface area (Å²) in [6.45, 7) is 2.44. The number of hydrogen-bond donors (Lipinski definition) is 1. The van der Waals surface area contributed by atoms with E-state index < -0.39 is 0 Å². The van der Waals surface area contributed by atoms with Crippen LogP contribution in [0.15, 0.2) is 10.7 Å². The monoisotopic (exact) mass is 341 g/mol.